The van der Waals surface area contributed by atoms with Crippen LogP contribution in [0.4, 0.5) is 0 Å². The van der Waals surface area contributed by atoms with Gasteiger partial charge >= 0.3 is 0 Å². The molecule has 3 heterocycles. The van der Waals surface area contributed by atoms with E-state index in [0.29, 0.717) is 20.7 Å². The van der Waals surface area contributed by atoms with E-state index in [1.165, 1.54) is 28.0 Å². The molecule has 9 heteroatoms. The van der Waals surface area contributed by atoms with E-state index >= 15 is 0 Å². The van der Waals surface area contributed by atoms with E-state index in [1.54, 1.807) is 17.8 Å². The second-order valence-electron chi connectivity index (χ2n) is 5.06. The van der Waals surface area contributed by atoms with Crippen molar-refractivity contribution in [2.75, 3.05) is 18.1 Å². The molecule has 0 aromatic carbocycles. The van der Waals surface area contributed by atoms with Crippen LogP contribution in [0.1, 0.15) is 4.88 Å². The zero-order valence-corrected chi connectivity index (χ0v) is 15.2. The van der Waals surface area contributed by atoms with Gasteiger partial charge in [0, 0.05) is 16.4 Å². The number of carbonyl (C=O) groups excluding carboxylic acids is 2. The van der Waals surface area contributed by atoms with Gasteiger partial charge in [-0.3, -0.25) is 14.5 Å². The lowest BCUT2D eigenvalue weighted by atomic mass is 10.2. The van der Waals surface area contributed by atoms with E-state index in [2.05, 4.69) is 5.32 Å². The van der Waals surface area contributed by atoms with Gasteiger partial charge in [-0.25, -0.2) is 0 Å². The summed E-state index contributed by atoms with van der Waals surface area (Å²) in [6, 6.07) is 3.58. The molecular weight excluding hydrogens is 372 g/mol. The van der Waals surface area contributed by atoms with Crippen molar-refractivity contribution in [1.29, 1.82) is 0 Å². The molecule has 1 aromatic heterocycles. The fraction of sp³-hybridized carbons (Fsp3) is 0.357. The summed E-state index contributed by atoms with van der Waals surface area (Å²) in [5, 5.41) is 14.4. The maximum atomic E-state index is 12.4. The first kappa shape index (κ1) is 17.0. The Morgan fingerprint density at radius 1 is 1.52 bits per heavy atom. The highest BCUT2D eigenvalue weighted by Crippen LogP contribution is 2.33. The third-order valence-corrected chi connectivity index (χ3v) is 6.76. The highest BCUT2D eigenvalue weighted by molar-refractivity contribution is 8.26. The van der Waals surface area contributed by atoms with Gasteiger partial charge in [0.1, 0.15) is 10.9 Å². The van der Waals surface area contributed by atoms with Crippen LogP contribution in [-0.2, 0) is 9.59 Å². The van der Waals surface area contributed by atoms with Crippen molar-refractivity contribution < 1.29 is 14.7 Å². The number of aliphatic hydroxyl groups is 1. The van der Waals surface area contributed by atoms with Crippen LogP contribution >= 0.6 is 47.1 Å². The Labute approximate surface area is 151 Å². The number of thiophene rings is 1. The van der Waals surface area contributed by atoms with Gasteiger partial charge in [-0.05, 0) is 17.5 Å². The minimum atomic E-state index is -0.533. The lowest BCUT2D eigenvalue weighted by Crippen LogP contribution is -2.47. The number of nitrogens with one attached hydrogen (secondary N) is 1. The van der Waals surface area contributed by atoms with Crippen molar-refractivity contribution in [1.82, 2.24) is 10.2 Å². The topological polar surface area (TPSA) is 69.6 Å². The molecule has 2 fully saturated rings. The van der Waals surface area contributed by atoms with E-state index < -0.39 is 6.10 Å². The second kappa shape index (κ2) is 7.35. The lowest BCUT2D eigenvalue weighted by molar-refractivity contribution is -0.129. The summed E-state index contributed by atoms with van der Waals surface area (Å²) in [7, 11) is 0. The molecule has 0 bridgehead atoms. The molecule has 122 valence electrons. The van der Waals surface area contributed by atoms with Crippen LogP contribution in [0.15, 0.2) is 22.4 Å². The van der Waals surface area contributed by atoms with E-state index in [4.69, 9.17) is 12.2 Å². The van der Waals surface area contributed by atoms with Crippen LogP contribution < -0.4 is 5.32 Å². The van der Waals surface area contributed by atoms with Gasteiger partial charge in [-0.1, -0.05) is 30.0 Å². The molecular formula is C14H14N2O3S4. The third kappa shape index (κ3) is 3.97. The van der Waals surface area contributed by atoms with Crippen molar-refractivity contribution in [3.05, 3.63) is 27.3 Å². The third-order valence-electron chi connectivity index (χ3n) is 3.39. The molecule has 0 saturated carbocycles. The molecule has 1 aromatic rings. The van der Waals surface area contributed by atoms with Crippen LogP contribution in [0.2, 0.25) is 0 Å². The summed E-state index contributed by atoms with van der Waals surface area (Å²) in [4.78, 5) is 27.3. The van der Waals surface area contributed by atoms with Crippen molar-refractivity contribution >= 4 is 69.3 Å². The van der Waals surface area contributed by atoms with Crippen LogP contribution in [0, 0.1) is 0 Å². The van der Waals surface area contributed by atoms with Crippen molar-refractivity contribution in [2.45, 2.75) is 12.1 Å². The molecule has 2 saturated heterocycles. The number of aliphatic hydroxyl groups excluding tert-OH is 1. The van der Waals surface area contributed by atoms with Crippen molar-refractivity contribution in [2.24, 2.45) is 0 Å². The molecule has 2 aliphatic rings. The molecule has 2 atom stereocenters. The van der Waals surface area contributed by atoms with Gasteiger partial charge in [0.15, 0.2) is 0 Å². The molecule has 23 heavy (non-hydrogen) atoms. The maximum Gasteiger partial charge on any atom is 0.266 e. The fourth-order valence-electron chi connectivity index (χ4n) is 2.22. The average molecular weight is 387 g/mol. The molecule has 2 aliphatic heterocycles. The molecule has 2 amide bonds. The standard InChI is InChI=1S/C14H14N2O3S4/c17-10-7-21-6-9(10)15-12(18)5-16-13(19)11(23-14(16)20)4-8-2-1-3-22-8/h1-4,9-10,17H,5-7H2,(H,15,18)/b11-4-/t9-,10+/m1/s1. The predicted molar refractivity (Wildman–Crippen MR) is 99.5 cm³/mol. The normalized spacial score (nSPS) is 26.3. The number of hydrogen-bond acceptors (Lipinski definition) is 7. The second-order valence-corrected chi connectivity index (χ2v) is 8.79. The zero-order valence-electron chi connectivity index (χ0n) is 11.9. The first-order chi connectivity index (χ1) is 11.0. The van der Waals surface area contributed by atoms with E-state index in [1.807, 2.05) is 17.5 Å². The van der Waals surface area contributed by atoms with Crippen LogP contribution in [-0.4, -0.2) is 56.3 Å². The highest BCUT2D eigenvalue weighted by Gasteiger charge is 2.34. The fourth-order valence-corrected chi connectivity index (χ4v) is 5.36. The summed E-state index contributed by atoms with van der Waals surface area (Å²) < 4.78 is 0.384. The number of hydrogen-bond donors (Lipinski definition) is 2. The smallest absolute Gasteiger partial charge is 0.266 e. The number of rotatable bonds is 4. The predicted octanol–water partition coefficient (Wildman–Crippen LogP) is 1.54. The van der Waals surface area contributed by atoms with Gasteiger partial charge in [-0.15, -0.1) is 11.3 Å². The van der Waals surface area contributed by atoms with Crippen molar-refractivity contribution in [3.8, 4) is 0 Å². The monoisotopic (exact) mass is 386 g/mol. The van der Waals surface area contributed by atoms with Gasteiger partial charge < -0.3 is 10.4 Å². The average Bonchev–Trinajstić information content (AvgIpc) is 3.20. The largest absolute Gasteiger partial charge is 0.390 e. The summed E-state index contributed by atoms with van der Waals surface area (Å²) >= 11 is 9.55. The first-order valence-electron chi connectivity index (χ1n) is 6.88. The van der Waals surface area contributed by atoms with Crippen LogP contribution in [0.25, 0.3) is 6.08 Å². The summed E-state index contributed by atoms with van der Waals surface area (Å²) in [6.45, 7) is -0.111. The van der Waals surface area contributed by atoms with Gasteiger partial charge in [0.05, 0.1) is 17.1 Å². The number of amides is 2. The van der Waals surface area contributed by atoms with E-state index in [0.717, 1.165) is 4.88 Å². The molecule has 0 radical (unpaired) electrons. The van der Waals surface area contributed by atoms with E-state index in [-0.39, 0.29) is 24.4 Å². The van der Waals surface area contributed by atoms with Crippen LogP contribution in [0.5, 0.6) is 0 Å². The molecule has 2 N–H and O–H groups in total. The van der Waals surface area contributed by atoms with Crippen LogP contribution in [0.3, 0.4) is 0 Å². The first-order valence-corrected chi connectivity index (χ1v) is 10.1. The quantitative estimate of drug-likeness (QED) is 0.604. The number of carbonyl (C=O) groups is 2. The molecule has 3 rings (SSSR count). The Morgan fingerprint density at radius 2 is 2.35 bits per heavy atom. The SMILES string of the molecule is O=C(CN1C(=O)/C(=C/c2cccs2)SC1=S)N[C@@H]1CSC[C@@H]1O. The van der Waals surface area contributed by atoms with Gasteiger partial charge in [0.25, 0.3) is 5.91 Å². The van der Waals surface area contributed by atoms with E-state index in [9.17, 15) is 14.7 Å². The highest BCUT2D eigenvalue weighted by atomic mass is 32.2. The molecule has 0 aliphatic carbocycles. The molecule has 0 unspecified atom stereocenters. The number of thioether (sulfide) groups is 2. The van der Waals surface area contributed by atoms with Gasteiger partial charge in [0.2, 0.25) is 5.91 Å². The number of nitrogens with zero attached hydrogens (tertiary/aromatic N) is 1. The minimum Gasteiger partial charge on any atom is -0.390 e. The lowest BCUT2D eigenvalue weighted by Gasteiger charge is -2.18. The Balaban J connectivity index is 1.62. The summed E-state index contributed by atoms with van der Waals surface area (Å²) in [6.07, 6.45) is 1.26. The molecule has 0 spiro atoms. The Morgan fingerprint density at radius 3 is 3.00 bits per heavy atom. The Bertz CT molecular complexity index is 659. The Hall–Kier alpha value is -0.870. The summed E-state index contributed by atoms with van der Waals surface area (Å²) in [5.74, 6) is 0.759. The number of thiocarbonyl (C=S) groups is 1. The summed E-state index contributed by atoms with van der Waals surface area (Å²) in [5.41, 5.74) is 0. The maximum absolute atomic E-state index is 12.4. The Kier molecular flexibility index (Phi) is 5.42. The zero-order chi connectivity index (χ0) is 16.4. The van der Waals surface area contributed by atoms with Gasteiger partial charge in [-0.2, -0.15) is 11.8 Å². The van der Waals surface area contributed by atoms with Crippen molar-refractivity contribution in [3.63, 3.8) is 0 Å². The minimum absolute atomic E-state index is 0.111. The molecule has 5 nitrogen and oxygen atoms in total.